The maximum absolute atomic E-state index is 9.73. The molecule has 2 N–H and O–H groups in total. The van der Waals surface area contributed by atoms with Crippen LogP contribution in [-0.2, 0) is 0 Å². The molecule has 0 aliphatic rings. The standard InChI is InChI=1S/C22H47NO/c1-3-5-7-8-9-10-11-12-13-14-15-16-17-18-20-23-21-22(24)19-6-4-2/h22-24H,3-21H2,1-2H3. The molecule has 0 amide bonds. The smallest absolute Gasteiger partial charge is 0.0664 e. The van der Waals surface area contributed by atoms with Gasteiger partial charge in [-0.15, -0.1) is 0 Å². The van der Waals surface area contributed by atoms with Gasteiger partial charge in [-0.3, -0.25) is 0 Å². The maximum atomic E-state index is 9.73. The number of hydrogen-bond acceptors (Lipinski definition) is 2. The summed E-state index contributed by atoms with van der Waals surface area (Å²) in [5.74, 6) is 0. The lowest BCUT2D eigenvalue weighted by Crippen LogP contribution is -2.27. The summed E-state index contributed by atoms with van der Waals surface area (Å²) in [7, 11) is 0. The van der Waals surface area contributed by atoms with Crippen LogP contribution in [0.5, 0.6) is 0 Å². The molecule has 24 heavy (non-hydrogen) atoms. The van der Waals surface area contributed by atoms with Gasteiger partial charge in [0, 0.05) is 6.54 Å². The van der Waals surface area contributed by atoms with Crippen LogP contribution in [0.4, 0.5) is 0 Å². The molecule has 0 aromatic heterocycles. The largest absolute Gasteiger partial charge is 0.392 e. The third-order valence-electron chi connectivity index (χ3n) is 4.98. The Kier molecular flexibility index (Phi) is 20.9. The Morgan fingerprint density at radius 3 is 1.46 bits per heavy atom. The molecule has 0 saturated heterocycles. The van der Waals surface area contributed by atoms with Gasteiger partial charge in [0.15, 0.2) is 0 Å². The van der Waals surface area contributed by atoms with Gasteiger partial charge >= 0.3 is 0 Å². The molecule has 0 saturated carbocycles. The average Bonchev–Trinajstić information content (AvgIpc) is 2.59. The minimum absolute atomic E-state index is 0.142. The van der Waals surface area contributed by atoms with Gasteiger partial charge in [-0.25, -0.2) is 0 Å². The van der Waals surface area contributed by atoms with Crippen LogP contribution < -0.4 is 5.32 Å². The first-order valence-corrected chi connectivity index (χ1v) is 11.2. The van der Waals surface area contributed by atoms with Crippen molar-refractivity contribution >= 4 is 0 Å². The topological polar surface area (TPSA) is 32.3 Å². The summed E-state index contributed by atoms with van der Waals surface area (Å²) in [6.45, 7) is 6.31. The van der Waals surface area contributed by atoms with E-state index < -0.39 is 0 Å². The van der Waals surface area contributed by atoms with E-state index in [1.807, 2.05) is 0 Å². The number of nitrogens with one attached hydrogen (secondary N) is 1. The van der Waals surface area contributed by atoms with Crippen LogP contribution in [0, 0.1) is 0 Å². The highest BCUT2D eigenvalue weighted by Crippen LogP contribution is 2.12. The summed E-state index contributed by atoms with van der Waals surface area (Å²) >= 11 is 0. The number of hydrogen-bond donors (Lipinski definition) is 2. The lowest BCUT2D eigenvalue weighted by atomic mass is 10.0. The minimum Gasteiger partial charge on any atom is -0.392 e. The zero-order valence-electron chi connectivity index (χ0n) is 17.0. The lowest BCUT2D eigenvalue weighted by molar-refractivity contribution is 0.158. The molecule has 146 valence electrons. The molecule has 0 spiro atoms. The molecule has 0 bridgehead atoms. The second-order valence-corrected chi connectivity index (χ2v) is 7.60. The molecular weight excluding hydrogens is 294 g/mol. The molecule has 0 aromatic carbocycles. The number of aliphatic hydroxyl groups excluding tert-OH is 1. The average molecular weight is 342 g/mol. The number of unbranched alkanes of at least 4 members (excludes halogenated alkanes) is 14. The molecule has 0 rings (SSSR count). The fourth-order valence-corrected chi connectivity index (χ4v) is 3.26. The monoisotopic (exact) mass is 341 g/mol. The summed E-state index contributed by atoms with van der Waals surface area (Å²) in [4.78, 5) is 0. The van der Waals surface area contributed by atoms with E-state index in [4.69, 9.17) is 0 Å². The predicted octanol–water partition coefficient (Wildman–Crippen LogP) is 6.61. The van der Waals surface area contributed by atoms with Gasteiger partial charge < -0.3 is 10.4 Å². The highest BCUT2D eigenvalue weighted by Gasteiger charge is 2.01. The minimum atomic E-state index is -0.142. The Hall–Kier alpha value is -0.0800. The normalized spacial score (nSPS) is 12.6. The molecule has 0 aliphatic carbocycles. The van der Waals surface area contributed by atoms with E-state index in [-0.39, 0.29) is 6.10 Å². The van der Waals surface area contributed by atoms with Crippen molar-refractivity contribution in [2.45, 2.75) is 129 Å². The second kappa shape index (κ2) is 21.0. The molecule has 2 nitrogen and oxygen atoms in total. The van der Waals surface area contributed by atoms with Crippen LogP contribution in [0.3, 0.4) is 0 Å². The van der Waals surface area contributed by atoms with E-state index in [9.17, 15) is 5.11 Å². The molecule has 0 aliphatic heterocycles. The summed E-state index contributed by atoms with van der Waals surface area (Å²) in [6, 6.07) is 0. The summed E-state index contributed by atoms with van der Waals surface area (Å²) < 4.78 is 0. The van der Waals surface area contributed by atoms with Crippen molar-refractivity contribution in [1.82, 2.24) is 5.32 Å². The van der Waals surface area contributed by atoms with Gasteiger partial charge in [0.25, 0.3) is 0 Å². The molecule has 0 aromatic rings. The molecule has 2 heteroatoms. The summed E-state index contributed by atoms with van der Waals surface area (Å²) in [5.41, 5.74) is 0. The Morgan fingerprint density at radius 2 is 1.00 bits per heavy atom. The van der Waals surface area contributed by atoms with Crippen molar-refractivity contribution in [3.05, 3.63) is 0 Å². The van der Waals surface area contributed by atoms with Gasteiger partial charge in [-0.2, -0.15) is 0 Å². The molecule has 0 heterocycles. The van der Waals surface area contributed by atoms with Crippen molar-refractivity contribution < 1.29 is 5.11 Å². The van der Waals surface area contributed by atoms with Crippen molar-refractivity contribution in [2.24, 2.45) is 0 Å². The summed E-state index contributed by atoms with van der Waals surface area (Å²) in [6.07, 6.45) is 22.9. The lowest BCUT2D eigenvalue weighted by Gasteiger charge is -2.11. The first-order chi connectivity index (χ1) is 11.8. The van der Waals surface area contributed by atoms with Crippen LogP contribution in [-0.4, -0.2) is 24.3 Å². The second-order valence-electron chi connectivity index (χ2n) is 7.60. The van der Waals surface area contributed by atoms with E-state index >= 15 is 0 Å². The Balaban J connectivity index is 3.02. The van der Waals surface area contributed by atoms with Crippen molar-refractivity contribution in [2.75, 3.05) is 13.1 Å². The molecule has 0 fully saturated rings. The Morgan fingerprint density at radius 1 is 0.583 bits per heavy atom. The number of rotatable bonds is 20. The Labute approximate surface area is 153 Å². The highest BCUT2D eigenvalue weighted by molar-refractivity contribution is 4.59. The van der Waals surface area contributed by atoms with E-state index in [1.165, 1.54) is 96.3 Å². The van der Waals surface area contributed by atoms with Crippen molar-refractivity contribution in [3.8, 4) is 0 Å². The highest BCUT2D eigenvalue weighted by atomic mass is 16.3. The van der Waals surface area contributed by atoms with E-state index in [2.05, 4.69) is 19.2 Å². The Bertz CT molecular complexity index is 220. The van der Waals surface area contributed by atoms with Gasteiger partial charge in [0.2, 0.25) is 0 Å². The van der Waals surface area contributed by atoms with Crippen molar-refractivity contribution in [3.63, 3.8) is 0 Å². The van der Waals surface area contributed by atoms with E-state index in [0.29, 0.717) is 0 Å². The zero-order valence-corrected chi connectivity index (χ0v) is 17.0. The van der Waals surface area contributed by atoms with E-state index in [0.717, 1.165) is 25.9 Å². The fourth-order valence-electron chi connectivity index (χ4n) is 3.26. The molecule has 0 radical (unpaired) electrons. The van der Waals surface area contributed by atoms with Gasteiger partial charge in [-0.05, 0) is 19.4 Å². The first-order valence-electron chi connectivity index (χ1n) is 11.2. The third kappa shape index (κ3) is 20.0. The third-order valence-corrected chi connectivity index (χ3v) is 4.98. The van der Waals surface area contributed by atoms with Crippen LogP contribution in [0.15, 0.2) is 0 Å². The number of aliphatic hydroxyl groups is 1. The molecule has 1 unspecified atom stereocenters. The van der Waals surface area contributed by atoms with Gasteiger partial charge in [-0.1, -0.05) is 110 Å². The fraction of sp³-hybridized carbons (Fsp3) is 1.00. The van der Waals surface area contributed by atoms with E-state index in [1.54, 1.807) is 0 Å². The van der Waals surface area contributed by atoms with Crippen molar-refractivity contribution in [1.29, 1.82) is 0 Å². The van der Waals surface area contributed by atoms with Gasteiger partial charge in [0.05, 0.1) is 6.10 Å². The van der Waals surface area contributed by atoms with Crippen LogP contribution in [0.1, 0.15) is 123 Å². The SMILES string of the molecule is CCCCCCCCCCCCCCCCNCC(O)CCCC. The maximum Gasteiger partial charge on any atom is 0.0664 e. The summed E-state index contributed by atoms with van der Waals surface area (Å²) in [5, 5.41) is 13.1. The quantitative estimate of drug-likeness (QED) is 0.244. The van der Waals surface area contributed by atoms with Crippen LogP contribution in [0.25, 0.3) is 0 Å². The van der Waals surface area contributed by atoms with Gasteiger partial charge in [0.1, 0.15) is 0 Å². The van der Waals surface area contributed by atoms with Crippen LogP contribution in [0.2, 0.25) is 0 Å². The molecular formula is C22H47NO. The van der Waals surface area contributed by atoms with Crippen LogP contribution >= 0.6 is 0 Å². The first kappa shape index (κ1) is 23.9. The zero-order chi connectivity index (χ0) is 17.7. The predicted molar refractivity (Wildman–Crippen MR) is 109 cm³/mol. The molecule has 1 atom stereocenters.